The van der Waals surface area contributed by atoms with Crippen LogP contribution in [0.25, 0.3) is 0 Å². The van der Waals surface area contributed by atoms with Gasteiger partial charge in [-0.15, -0.1) is 11.3 Å². The molecule has 0 atom stereocenters. The Bertz CT molecular complexity index is 492. The molecule has 0 radical (unpaired) electrons. The summed E-state index contributed by atoms with van der Waals surface area (Å²) in [6.07, 6.45) is 3.17. The molecule has 1 heterocycles. The molecular formula is C12H12N2O2S. The molecule has 0 aliphatic carbocycles. The van der Waals surface area contributed by atoms with E-state index in [-0.39, 0.29) is 0 Å². The van der Waals surface area contributed by atoms with Crippen molar-refractivity contribution < 1.29 is 9.48 Å². The van der Waals surface area contributed by atoms with Crippen molar-refractivity contribution >= 4 is 17.6 Å². The summed E-state index contributed by atoms with van der Waals surface area (Å²) in [7, 11) is 1.62. The van der Waals surface area contributed by atoms with Gasteiger partial charge in [0.1, 0.15) is 5.75 Å². The first-order chi connectivity index (χ1) is 8.28. The lowest BCUT2D eigenvalue weighted by Crippen LogP contribution is -2.05. The Hall–Kier alpha value is -1.88. The van der Waals surface area contributed by atoms with E-state index < -0.39 is 0 Å². The second-order valence-electron chi connectivity index (χ2n) is 3.42. The highest BCUT2D eigenvalue weighted by atomic mass is 32.1. The molecule has 5 heteroatoms. The smallest absolute Gasteiger partial charge is 0.211 e. The van der Waals surface area contributed by atoms with E-state index in [0.29, 0.717) is 11.6 Å². The van der Waals surface area contributed by atoms with E-state index in [0.717, 1.165) is 16.1 Å². The first-order valence-electron chi connectivity index (χ1n) is 5.09. The van der Waals surface area contributed by atoms with Gasteiger partial charge in [-0.2, -0.15) is 0 Å². The summed E-state index contributed by atoms with van der Waals surface area (Å²) in [6.45, 7) is 0.309. The fraction of sp³-hybridized carbons (Fsp3) is 0.167. The molecule has 0 saturated carbocycles. The standard InChI is InChI=1S/C12H12N2O2S/c1-16-11-4-2-10(3-5-11)8-14(15)9-12-13-6-7-17-12/h2-7,9H,8H2,1H3. The molecule has 0 spiro atoms. The van der Waals surface area contributed by atoms with Gasteiger partial charge in [-0.1, -0.05) is 0 Å². The molecule has 0 saturated heterocycles. The van der Waals surface area contributed by atoms with Crippen molar-refractivity contribution in [3.63, 3.8) is 0 Å². The molecule has 0 N–H and O–H groups in total. The molecule has 1 aromatic heterocycles. The first kappa shape index (κ1) is 11.6. The van der Waals surface area contributed by atoms with Crippen molar-refractivity contribution in [3.05, 3.63) is 51.6 Å². The second-order valence-corrected chi connectivity index (χ2v) is 4.35. The van der Waals surface area contributed by atoms with Crippen LogP contribution in [0, 0.1) is 5.21 Å². The lowest BCUT2D eigenvalue weighted by molar-refractivity contribution is -0.469. The molecule has 2 aromatic rings. The topological polar surface area (TPSA) is 48.2 Å². The van der Waals surface area contributed by atoms with Gasteiger partial charge in [0.25, 0.3) is 0 Å². The van der Waals surface area contributed by atoms with Crippen LogP contribution in [0.3, 0.4) is 0 Å². The average molecular weight is 248 g/mol. The molecule has 0 fully saturated rings. The average Bonchev–Trinajstić information content (AvgIpc) is 2.82. The summed E-state index contributed by atoms with van der Waals surface area (Å²) in [6, 6.07) is 7.43. The van der Waals surface area contributed by atoms with Crippen LogP contribution in [-0.2, 0) is 6.54 Å². The predicted molar refractivity (Wildman–Crippen MR) is 67.6 cm³/mol. The van der Waals surface area contributed by atoms with E-state index in [1.807, 2.05) is 29.6 Å². The molecule has 0 unspecified atom stereocenters. The number of rotatable bonds is 4. The third-order valence-corrected chi connectivity index (χ3v) is 2.91. The van der Waals surface area contributed by atoms with Gasteiger partial charge in [-0.25, -0.2) is 9.72 Å². The Labute approximate surface area is 103 Å². The highest BCUT2D eigenvalue weighted by Crippen LogP contribution is 2.11. The van der Waals surface area contributed by atoms with Gasteiger partial charge in [-0.05, 0) is 24.3 Å². The molecule has 0 amide bonds. The van der Waals surface area contributed by atoms with Crippen LogP contribution in [-0.4, -0.2) is 23.0 Å². The summed E-state index contributed by atoms with van der Waals surface area (Å²) >= 11 is 1.44. The number of methoxy groups -OCH3 is 1. The number of thiazole rings is 1. The van der Waals surface area contributed by atoms with E-state index in [1.165, 1.54) is 17.6 Å². The fourth-order valence-electron chi connectivity index (χ4n) is 1.38. The number of hydroxylamine groups is 1. The molecular weight excluding hydrogens is 236 g/mol. The van der Waals surface area contributed by atoms with Gasteiger partial charge < -0.3 is 9.94 Å². The van der Waals surface area contributed by atoms with Crippen LogP contribution >= 0.6 is 11.3 Å². The number of ether oxygens (including phenoxy) is 1. The molecule has 1 aromatic carbocycles. The Morgan fingerprint density at radius 2 is 2.18 bits per heavy atom. The zero-order valence-electron chi connectivity index (χ0n) is 9.37. The highest BCUT2D eigenvalue weighted by molar-refractivity contribution is 7.11. The lowest BCUT2D eigenvalue weighted by Gasteiger charge is -2.04. The van der Waals surface area contributed by atoms with Crippen LogP contribution < -0.4 is 4.74 Å². The van der Waals surface area contributed by atoms with Crippen molar-refractivity contribution in [1.82, 2.24) is 4.98 Å². The number of nitrogens with zero attached hydrogens (tertiary/aromatic N) is 2. The summed E-state index contributed by atoms with van der Waals surface area (Å²) in [5.41, 5.74) is 0.939. The monoisotopic (exact) mass is 248 g/mol. The van der Waals surface area contributed by atoms with Gasteiger partial charge in [0.05, 0.1) is 7.11 Å². The summed E-state index contributed by atoms with van der Waals surface area (Å²) in [4.78, 5) is 4.03. The van der Waals surface area contributed by atoms with E-state index >= 15 is 0 Å². The Morgan fingerprint density at radius 1 is 1.41 bits per heavy atom. The second kappa shape index (κ2) is 5.45. The normalized spacial score (nSPS) is 11.5. The van der Waals surface area contributed by atoms with Crippen molar-refractivity contribution in [2.45, 2.75) is 6.54 Å². The number of aromatic nitrogens is 1. The third-order valence-electron chi connectivity index (χ3n) is 2.20. The maximum absolute atomic E-state index is 11.6. The maximum Gasteiger partial charge on any atom is 0.211 e. The molecule has 0 aliphatic rings. The van der Waals surface area contributed by atoms with E-state index in [9.17, 15) is 5.21 Å². The van der Waals surface area contributed by atoms with Gasteiger partial charge in [0, 0.05) is 17.1 Å². The van der Waals surface area contributed by atoms with Crippen molar-refractivity contribution in [1.29, 1.82) is 0 Å². The van der Waals surface area contributed by atoms with Crippen molar-refractivity contribution in [2.24, 2.45) is 0 Å². The largest absolute Gasteiger partial charge is 0.623 e. The van der Waals surface area contributed by atoms with Crippen LogP contribution in [0.2, 0.25) is 0 Å². The van der Waals surface area contributed by atoms with Gasteiger partial charge in [-0.3, -0.25) is 0 Å². The minimum Gasteiger partial charge on any atom is -0.623 e. The van der Waals surface area contributed by atoms with Crippen LogP contribution in [0.5, 0.6) is 5.75 Å². The van der Waals surface area contributed by atoms with Crippen LogP contribution in [0.15, 0.2) is 35.8 Å². The van der Waals surface area contributed by atoms with Crippen molar-refractivity contribution in [2.75, 3.05) is 7.11 Å². The molecule has 88 valence electrons. The quantitative estimate of drug-likeness (QED) is 0.361. The molecule has 0 bridgehead atoms. The zero-order valence-corrected chi connectivity index (χ0v) is 10.2. The molecule has 0 aliphatic heterocycles. The Morgan fingerprint density at radius 3 is 2.76 bits per heavy atom. The zero-order chi connectivity index (χ0) is 12.1. The van der Waals surface area contributed by atoms with Gasteiger partial charge >= 0.3 is 0 Å². The first-order valence-corrected chi connectivity index (χ1v) is 5.97. The van der Waals surface area contributed by atoms with E-state index in [1.54, 1.807) is 13.3 Å². The maximum atomic E-state index is 11.6. The number of hydrogen-bond donors (Lipinski definition) is 0. The molecule has 2 rings (SSSR count). The lowest BCUT2D eigenvalue weighted by atomic mass is 10.2. The fourth-order valence-corrected chi connectivity index (χ4v) is 1.94. The predicted octanol–water partition coefficient (Wildman–Crippen LogP) is 2.28. The Kier molecular flexibility index (Phi) is 3.72. The Balaban J connectivity index is 2.05. The minimum atomic E-state index is 0.309. The van der Waals surface area contributed by atoms with E-state index in [4.69, 9.17) is 4.74 Å². The van der Waals surface area contributed by atoms with Crippen LogP contribution in [0.1, 0.15) is 10.6 Å². The summed E-state index contributed by atoms with van der Waals surface area (Å²) in [5, 5.41) is 14.2. The number of hydrogen-bond acceptors (Lipinski definition) is 4. The summed E-state index contributed by atoms with van der Waals surface area (Å²) in [5.74, 6) is 0.787. The van der Waals surface area contributed by atoms with Gasteiger partial charge in [0.15, 0.2) is 11.6 Å². The minimum absolute atomic E-state index is 0.309. The summed E-state index contributed by atoms with van der Waals surface area (Å²) < 4.78 is 5.93. The van der Waals surface area contributed by atoms with E-state index in [2.05, 4.69) is 4.98 Å². The highest BCUT2D eigenvalue weighted by Gasteiger charge is 2.01. The third kappa shape index (κ3) is 3.29. The van der Waals surface area contributed by atoms with Crippen molar-refractivity contribution in [3.8, 4) is 5.75 Å². The molecule has 4 nitrogen and oxygen atoms in total. The van der Waals surface area contributed by atoms with Crippen LogP contribution in [0.4, 0.5) is 0 Å². The van der Waals surface area contributed by atoms with Gasteiger partial charge in [0.2, 0.25) is 6.21 Å². The number of benzene rings is 1. The SMILES string of the molecule is COc1ccc(C[N+]([O-])=Cc2nccs2)cc1. The molecule has 17 heavy (non-hydrogen) atoms.